The second kappa shape index (κ2) is 11.5. The lowest BCUT2D eigenvalue weighted by molar-refractivity contribution is -0.132. The molecule has 1 aromatic heterocycles. The second-order valence-corrected chi connectivity index (χ2v) is 8.10. The molecule has 2 heterocycles. The maximum Gasteiger partial charge on any atom is 0.318 e. The van der Waals surface area contributed by atoms with E-state index in [1.807, 2.05) is 62.1 Å². The summed E-state index contributed by atoms with van der Waals surface area (Å²) in [5.74, 6) is 1.54. The van der Waals surface area contributed by atoms with Crippen LogP contribution in [0.3, 0.4) is 0 Å². The molecule has 1 saturated heterocycles. The van der Waals surface area contributed by atoms with E-state index in [0.29, 0.717) is 32.7 Å². The molecule has 1 aromatic carbocycles. The van der Waals surface area contributed by atoms with Crippen molar-refractivity contribution in [1.29, 1.82) is 0 Å². The molecule has 3 amide bonds. The van der Waals surface area contributed by atoms with Gasteiger partial charge in [0.1, 0.15) is 12.3 Å². The molecule has 178 valence electrons. The molecular formula is C24H34N6O3. The first-order valence-electron chi connectivity index (χ1n) is 11.5. The van der Waals surface area contributed by atoms with Crippen LogP contribution in [0.4, 0.5) is 10.6 Å². The molecule has 9 heteroatoms. The molecule has 1 atom stereocenters. The fraction of sp³-hybridized carbons (Fsp3) is 0.500. The minimum atomic E-state index is -0.190. The number of urea groups is 1. The lowest BCUT2D eigenvalue weighted by Gasteiger charge is -2.37. The summed E-state index contributed by atoms with van der Waals surface area (Å²) in [7, 11) is 1.64. The fourth-order valence-corrected chi connectivity index (χ4v) is 3.76. The van der Waals surface area contributed by atoms with Gasteiger partial charge in [0.05, 0.1) is 12.8 Å². The van der Waals surface area contributed by atoms with E-state index in [0.717, 1.165) is 29.2 Å². The van der Waals surface area contributed by atoms with E-state index >= 15 is 0 Å². The number of hydrogen-bond donors (Lipinski definition) is 1. The second-order valence-electron chi connectivity index (χ2n) is 8.10. The minimum absolute atomic E-state index is 0.000149. The van der Waals surface area contributed by atoms with Gasteiger partial charge in [0.15, 0.2) is 5.82 Å². The van der Waals surface area contributed by atoms with Crippen LogP contribution in [0.15, 0.2) is 36.4 Å². The molecule has 1 N–H and O–H groups in total. The van der Waals surface area contributed by atoms with Gasteiger partial charge in [-0.3, -0.25) is 4.79 Å². The molecule has 1 aliphatic heterocycles. The molecular weight excluding hydrogens is 420 g/mol. The van der Waals surface area contributed by atoms with Gasteiger partial charge < -0.3 is 24.8 Å². The van der Waals surface area contributed by atoms with Crippen LogP contribution in [0.2, 0.25) is 0 Å². The summed E-state index contributed by atoms with van der Waals surface area (Å²) in [6, 6.07) is 11.4. The van der Waals surface area contributed by atoms with Crippen LogP contribution in [0.5, 0.6) is 5.75 Å². The predicted octanol–water partition coefficient (Wildman–Crippen LogP) is 2.63. The number of piperazine rings is 1. The summed E-state index contributed by atoms with van der Waals surface area (Å²) in [6.07, 6.45) is 0.794. The highest BCUT2D eigenvalue weighted by Gasteiger charge is 2.27. The third-order valence-corrected chi connectivity index (χ3v) is 5.99. The Balaban J connectivity index is 1.57. The normalized spacial score (nSPS) is 14.5. The van der Waals surface area contributed by atoms with E-state index in [4.69, 9.17) is 4.74 Å². The molecule has 3 rings (SSSR count). The number of aromatic nitrogens is 2. The molecule has 1 fully saturated rings. The van der Waals surface area contributed by atoms with Gasteiger partial charge in [-0.25, -0.2) is 4.79 Å². The van der Waals surface area contributed by atoms with Crippen molar-refractivity contribution in [2.45, 2.75) is 33.2 Å². The molecule has 2 aromatic rings. The molecule has 9 nitrogen and oxygen atoms in total. The van der Waals surface area contributed by atoms with Crippen molar-refractivity contribution < 1.29 is 14.3 Å². The van der Waals surface area contributed by atoms with E-state index < -0.39 is 0 Å². The molecule has 0 radical (unpaired) electrons. The zero-order chi connectivity index (χ0) is 23.8. The van der Waals surface area contributed by atoms with Crippen molar-refractivity contribution in [2.75, 3.05) is 51.3 Å². The van der Waals surface area contributed by atoms with E-state index in [-0.39, 0.29) is 24.5 Å². The molecule has 0 aliphatic carbocycles. The first-order chi connectivity index (χ1) is 16.0. The Morgan fingerprint density at radius 2 is 1.88 bits per heavy atom. The molecule has 0 unspecified atom stereocenters. The number of amides is 3. The SMILES string of the molecule is CCNC(=O)N(CC(=O)N1CCN(c2ccc(-c3cccc(OC)c3)nn2)CC1)[C@H](C)CC. The molecule has 33 heavy (non-hydrogen) atoms. The average Bonchev–Trinajstić information content (AvgIpc) is 2.87. The minimum Gasteiger partial charge on any atom is -0.497 e. The van der Waals surface area contributed by atoms with Gasteiger partial charge in [-0.15, -0.1) is 10.2 Å². The molecule has 1 aliphatic rings. The molecule has 0 spiro atoms. The van der Waals surface area contributed by atoms with Gasteiger partial charge in [0, 0.05) is 44.3 Å². The summed E-state index contributed by atoms with van der Waals surface area (Å²) in [5.41, 5.74) is 1.73. The maximum absolute atomic E-state index is 12.9. The number of rotatable bonds is 8. The van der Waals surface area contributed by atoms with Crippen molar-refractivity contribution >= 4 is 17.8 Å². The first kappa shape index (κ1) is 24.3. The van der Waals surface area contributed by atoms with Crippen LogP contribution in [0, 0.1) is 0 Å². The summed E-state index contributed by atoms with van der Waals surface area (Å²) in [6.45, 7) is 9.00. The lowest BCUT2D eigenvalue weighted by atomic mass is 10.1. The average molecular weight is 455 g/mol. The fourth-order valence-electron chi connectivity index (χ4n) is 3.76. The van der Waals surface area contributed by atoms with E-state index in [9.17, 15) is 9.59 Å². The summed E-state index contributed by atoms with van der Waals surface area (Å²) >= 11 is 0. The van der Waals surface area contributed by atoms with E-state index in [2.05, 4.69) is 20.4 Å². The van der Waals surface area contributed by atoms with Crippen LogP contribution >= 0.6 is 0 Å². The number of carbonyl (C=O) groups is 2. The number of hydrogen-bond acceptors (Lipinski definition) is 6. The van der Waals surface area contributed by atoms with Gasteiger partial charge in [0.2, 0.25) is 5.91 Å². The number of nitrogens with zero attached hydrogens (tertiary/aromatic N) is 5. The highest BCUT2D eigenvalue weighted by atomic mass is 16.5. The standard InChI is InChI=1S/C24H34N6O3/c1-5-18(3)30(24(32)25-6-2)17-23(31)29-14-12-28(13-15-29)22-11-10-21(26-27-22)19-8-7-9-20(16-19)33-4/h7-11,16,18H,5-6,12-15,17H2,1-4H3,(H,25,32)/t18-/m1/s1. The summed E-state index contributed by atoms with van der Waals surface area (Å²) in [5, 5.41) is 11.6. The van der Waals surface area contributed by atoms with Gasteiger partial charge >= 0.3 is 6.03 Å². The molecule has 0 saturated carbocycles. The van der Waals surface area contributed by atoms with Crippen LogP contribution in [0.1, 0.15) is 27.2 Å². The lowest BCUT2D eigenvalue weighted by Crippen LogP contribution is -2.54. The van der Waals surface area contributed by atoms with Crippen molar-refractivity contribution in [1.82, 2.24) is 25.3 Å². The Morgan fingerprint density at radius 1 is 1.12 bits per heavy atom. The first-order valence-corrected chi connectivity index (χ1v) is 11.5. The van der Waals surface area contributed by atoms with Crippen molar-refractivity contribution in [3.8, 4) is 17.0 Å². The van der Waals surface area contributed by atoms with E-state index in [1.165, 1.54) is 0 Å². The van der Waals surface area contributed by atoms with Gasteiger partial charge in [-0.2, -0.15) is 0 Å². The highest BCUT2D eigenvalue weighted by Crippen LogP contribution is 2.23. The third-order valence-electron chi connectivity index (χ3n) is 5.99. The quantitative estimate of drug-likeness (QED) is 0.659. The van der Waals surface area contributed by atoms with Crippen LogP contribution in [0.25, 0.3) is 11.3 Å². The Morgan fingerprint density at radius 3 is 2.48 bits per heavy atom. The third kappa shape index (κ3) is 6.12. The van der Waals surface area contributed by atoms with E-state index in [1.54, 1.807) is 12.0 Å². The Kier molecular flexibility index (Phi) is 8.46. The van der Waals surface area contributed by atoms with Gasteiger partial charge in [0.25, 0.3) is 0 Å². The number of methoxy groups -OCH3 is 1. The topological polar surface area (TPSA) is 90.9 Å². The van der Waals surface area contributed by atoms with Crippen LogP contribution in [-0.4, -0.2) is 84.4 Å². The number of anilines is 1. The summed E-state index contributed by atoms with van der Waals surface area (Å²) < 4.78 is 5.28. The smallest absolute Gasteiger partial charge is 0.318 e. The molecule has 0 bridgehead atoms. The van der Waals surface area contributed by atoms with Crippen LogP contribution in [-0.2, 0) is 4.79 Å². The maximum atomic E-state index is 12.9. The Bertz CT molecular complexity index is 928. The monoisotopic (exact) mass is 454 g/mol. The van der Waals surface area contributed by atoms with Gasteiger partial charge in [-0.1, -0.05) is 19.1 Å². The predicted molar refractivity (Wildman–Crippen MR) is 128 cm³/mol. The van der Waals surface area contributed by atoms with Crippen molar-refractivity contribution in [3.63, 3.8) is 0 Å². The largest absolute Gasteiger partial charge is 0.497 e. The van der Waals surface area contributed by atoms with Crippen LogP contribution < -0.4 is 15.0 Å². The van der Waals surface area contributed by atoms with Crippen molar-refractivity contribution in [3.05, 3.63) is 36.4 Å². The Labute approximate surface area is 195 Å². The zero-order valence-electron chi connectivity index (χ0n) is 20.0. The number of benzene rings is 1. The van der Waals surface area contributed by atoms with Crippen molar-refractivity contribution in [2.24, 2.45) is 0 Å². The number of ether oxygens (including phenoxy) is 1. The highest BCUT2D eigenvalue weighted by molar-refractivity contribution is 5.84. The zero-order valence-corrected chi connectivity index (χ0v) is 20.0. The van der Waals surface area contributed by atoms with Gasteiger partial charge in [-0.05, 0) is 44.5 Å². The number of nitrogens with one attached hydrogen (secondary N) is 1. The summed E-state index contributed by atoms with van der Waals surface area (Å²) in [4.78, 5) is 30.8. The Hall–Kier alpha value is -3.36. The number of carbonyl (C=O) groups excluding carboxylic acids is 2.